The Hall–Kier alpha value is -2.71. The van der Waals surface area contributed by atoms with Gasteiger partial charge in [0.2, 0.25) is 5.91 Å². The molecule has 2 amide bonds. The number of rotatable bonds is 7. The lowest BCUT2D eigenvalue weighted by Gasteiger charge is -2.18. The standard InChI is InChI=1S/C25H33N3O4S/c1-5-32-25(31)21-18(4)22(23(30)26-19-11-10-16(2)14-17(19)3)33-24(21)27-20(29)15-28-12-8-6-7-9-13-28/h10-11,14H,5-9,12-13,15H2,1-4H3,(H,26,30)(H,27,29). The van der Waals surface area contributed by atoms with Gasteiger partial charge in [-0.2, -0.15) is 0 Å². The summed E-state index contributed by atoms with van der Waals surface area (Å²) in [5, 5.41) is 6.16. The van der Waals surface area contributed by atoms with Crippen molar-refractivity contribution in [3.05, 3.63) is 45.3 Å². The number of anilines is 2. The van der Waals surface area contributed by atoms with Crippen LogP contribution in [-0.4, -0.2) is 48.9 Å². The van der Waals surface area contributed by atoms with Crippen LogP contribution in [0.1, 0.15) is 69.3 Å². The second-order valence-electron chi connectivity index (χ2n) is 8.49. The molecule has 1 aromatic carbocycles. The molecule has 0 bridgehead atoms. The zero-order chi connectivity index (χ0) is 24.0. The van der Waals surface area contributed by atoms with E-state index in [1.165, 1.54) is 12.8 Å². The van der Waals surface area contributed by atoms with E-state index in [0.717, 1.165) is 48.4 Å². The molecular formula is C25H33N3O4S. The third-order valence-corrected chi connectivity index (χ3v) is 6.99. The molecule has 7 nitrogen and oxygen atoms in total. The smallest absolute Gasteiger partial charge is 0.341 e. The first kappa shape index (κ1) is 24.9. The highest BCUT2D eigenvalue weighted by Crippen LogP contribution is 2.34. The number of nitrogens with one attached hydrogen (secondary N) is 2. The Morgan fingerprint density at radius 2 is 1.73 bits per heavy atom. The largest absolute Gasteiger partial charge is 0.462 e. The Morgan fingerprint density at radius 1 is 1.03 bits per heavy atom. The van der Waals surface area contributed by atoms with E-state index < -0.39 is 5.97 Å². The zero-order valence-corrected chi connectivity index (χ0v) is 20.7. The molecule has 0 atom stereocenters. The molecule has 0 spiro atoms. The van der Waals surface area contributed by atoms with Crippen molar-refractivity contribution in [3.8, 4) is 0 Å². The van der Waals surface area contributed by atoms with E-state index in [4.69, 9.17) is 4.74 Å². The molecule has 1 aromatic heterocycles. The summed E-state index contributed by atoms with van der Waals surface area (Å²) < 4.78 is 5.22. The molecule has 1 fully saturated rings. The van der Waals surface area contributed by atoms with Crippen LogP contribution in [-0.2, 0) is 9.53 Å². The van der Waals surface area contributed by atoms with Crippen LogP contribution in [0.5, 0.6) is 0 Å². The summed E-state index contributed by atoms with van der Waals surface area (Å²) >= 11 is 1.11. The quantitative estimate of drug-likeness (QED) is 0.560. The van der Waals surface area contributed by atoms with Crippen molar-refractivity contribution in [3.63, 3.8) is 0 Å². The van der Waals surface area contributed by atoms with Gasteiger partial charge in [-0.3, -0.25) is 14.5 Å². The number of hydrogen-bond acceptors (Lipinski definition) is 6. The van der Waals surface area contributed by atoms with Crippen molar-refractivity contribution < 1.29 is 19.1 Å². The first-order valence-electron chi connectivity index (χ1n) is 11.5. The summed E-state index contributed by atoms with van der Waals surface area (Å²) in [5.41, 5.74) is 3.52. The third-order valence-electron chi connectivity index (χ3n) is 5.78. The fourth-order valence-electron chi connectivity index (χ4n) is 4.06. The Labute approximate surface area is 199 Å². The average Bonchev–Trinajstić information content (AvgIpc) is 2.90. The number of nitrogens with zero attached hydrogens (tertiary/aromatic N) is 1. The summed E-state index contributed by atoms with van der Waals surface area (Å²) in [4.78, 5) is 41.1. The molecule has 2 N–H and O–H groups in total. The van der Waals surface area contributed by atoms with Gasteiger partial charge < -0.3 is 15.4 Å². The van der Waals surface area contributed by atoms with Gasteiger partial charge in [-0.05, 0) is 70.8 Å². The van der Waals surface area contributed by atoms with E-state index in [1.54, 1.807) is 13.8 Å². The van der Waals surface area contributed by atoms with Gasteiger partial charge in [0.25, 0.3) is 5.91 Å². The molecule has 1 saturated heterocycles. The van der Waals surface area contributed by atoms with Gasteiger partial charge in [0, 0.05) is 5.69 Å². The number of thiophene rings is 1. The normalized spacial score (nSPS) is 14.4. The average molecular weight is 472 g/mol. The molecular weight excluding hydrogens is 438 g/mol. The summed E-state index contributed by atoms with van der Waals surface area (Å²) in [5.74, 6) is -1.05. The summed E-state index contributed by atoms with van der Waals surface area (Å²) in [6, 6.07) is 5.79. The molecule has 0 radical (unpaired) electrons. The fourth-order valence-corrected chi connectivity index (χ4v) is 5.17. The van der Waals surface area contributed by atoms with E-state index in [1.807, 2.05) is 32.0 Å². The molecule has 3 rings (SSSR count). The topological polar surface area (TPSA) is 87.7 Å². The SMILES string of the molecule is CCOC(=O)c1c(NC(=O)CN2CCCCCC2)sc(C(=O)Nc2ccc(C)cc2C)c1C. The number of likely N-dealkylation sites (tertiary alicyclic amines) is 1. The molecule has 0 unspecified atom stereocenters. The lowest BCUT2D eigenvalue weighted by atomic mass is 10.1. The van der Waals surface area contributed by atoms with Crippen LogP contribution in [0.4, 0.5) is 10.7 Å². The highest BCUT2D eigenvalue weighted by atomic mass is 32.1. The maximum Gasteiger partial charge on any atom is 0.341 e. The number of esters is 1. The van der Waals surface area contributed by atoms with Gasteiger partial charge in [0.1, 0.15) is 5.00 Å². The Bertz CT molecular complexity index is 1020. The highest BCUT2D eigenvalue weighted by molar-refractivity contribution is 7.19. The molecule has 0 aliphatic carbocycles. The fraction of sp³-hybridized carbons (Fsp3) is 0.480. The van der Waals surface area contributed by atoms with Crippen LogP contribution in [0.2, 0.25) is 0 Å². The highest BCUT2D eigenvalue weighted by Gasteiger charge is 2.27. The molecule has 0 saturated carbocycles. The number of aryl methyl sites for hydroxylation is 2. The van der Waals surface area contributed by atoms with Crippen molar-refractivity contribution in [2.24, 2.45) is 0 Å². The Kier molecular flexibility index (Phi) is 8.63. The van der Waals surface area contributed by atoms with Crippen LogP contribution in [0.15, 0.2) is 18.2 Å². The Morgan fingerprint density at radius 3 is 2.36 bits per heavy atom. The lowest BCUT2D eigenvalue weighted by molar-refractivity contribution is -0.117. The van der Waals surface area contributed by atoms with Gasteiger partial charge in [-0.15, -0.1) is 11.3 Å². The second kappa shape index (κ2) is 11.4. The van der Waals surface area contributed by atoms with Crippen molar-refractivity contribution in [1.82, 2.24) is 4.90 Å². The number of hydrogen-bond donors (Lipinski definition) is 2. The minimum Gasteiger partial charge on any atom is -0.462 e. The predicted octanol–water partition coefficient (Wildman–Crippen LogP) is 4.92. The lowest BCUT2D eigenvalue weighted by Crippen LogP contribution is -2.34. The van der Waals surface area contributed by atoms with Crippen molar-refractivity contribution in [2.45, 2.75) is 53.4 Å². The van der Waals surface area contributed by atoms with Gasteiger partial charge in [0.15, 0.2) is 0 Å². The van der Waals surface area contributed by atoms with Crippen molar-refractivity contribution in [2.75, 3.05) is 36.9 Å². The van der Waals surface area contributed by atoms with Gasteiger partial charge >= 0.3 is 5.97 Å². The van der Waals surface area contributed by atoms with Gasteiger partial charge in [0.05, 0.1) is 23.6 Å². The van der Waals surface area contributed by atoms with Crippen LogP contribution in [0.25, 0.3) is 0 Å². The summed E-state index contributed by atoms with van der Waals surface area (Å²) in [6.07, 6.45) is 4.55. The number of ether oxygens (including phenoxy) is 1. The van der Waals surface area contributed by atoms with Gasteiger partial charge in [-0.25, -0.2) is 4.79 Å². The molecule has 1 aliphatic heterocycles. The van der Waals surface area contributed by atoms with Crippen molar-refractivity contribution in [1.29, 1.82) is 0 Å². The first-order valence-corrected chi connectivity index (χ1v) is 12.3. The number of amides is 2. The van der Waals surface area contributed by atoms with E-state index >= 15 is 0 Å². The number of carbonyl (C=O) groups excluding carboxylic acids is 3. The maximum atomic E-state index is 13.1. The zero-order valence-electron chi connectivity index (χ0n) is 19.9. The van der Waals surface area contributed by atoms with Crippen LogP contribution in [0.3, 0.4) is 0 Å². The monoisotopic (exact) mass is 471 g/mol. The van der Waals surface area contributed by atoms with Gasteiger partial charge in [-0.1, -0.05) is 30.5 Å². The molecule has 33 heavy (non-hydrogen) atoms. The van der Waals surface area contributed by atoms with Crippen LogP contribution >= 0.6 is 11.3 Å². The third kappa shape index (κ3) is 6.42. The predicted molar refractivity (Wildman–Crippen MR) is 132 cm³/mol. The molecule has 178 valence electrons. The van der Waals surface area contributed by atoms with E-state index in [2.05, 4.69) is 15.5 Å². The molecule has 1 aliphatic rings. The first-order chi connectivity index (χ1) is 15.8. The maximum absolute atomic E-state index is 13.1. The second-order valence-corrected chi connectivity index (χ2v) is 9.51. The van der Waals surface area contributed by atoms with Crippen LogP contribution < -0.4 is 10.6 Å². The Balaban J connectivity index is 1.83. The number of carbonyl (C=O) groups is 3. The van der Waals surface area contributed by atoms with Crippen molar-refractivity contribution >= 4 is 39.8 Å². The minimum atomic E-state index is -0.540. The van der Waals surface area contributed by atoms with E-state index in [-0.39, 0.29) is 30.5 Å². The summed E-state index contributed by atoms with van der Waals surface area (Å²) in [6.45, 7) is 9.63. The van der Waals surface area contributed by atoms with Crippen LogP contribution in [0, 0.1) is 20.8 Å². The molecule has 8 heteroatoms. The number of benzene rings is 1. The van der Waals surface area contributed by atoms with E-state index in [9.17, 15) is 14.4 Å². The summed E-state index contributed by atoms with van der Waals surface area (Å²) in [7, 11) is 0. The minimum absolute atomic E-state index is 0.190. The molecule has 2 heterocycles. The molecule has 2 aromatic rings. The van der Waals surface area contributed by atoms with E-state index in [0.29, 0.717) is 21.1 Å².